The number of aryl methyl sites for hydroxylation is 1. The second-order valence-corrected chi connectivity index (χ2v) is 4.86. The molecule has 0 radical (unpaired) electrons. The Hall–Kier alpha value is -1.10. The number of ether oxygens (including phenoxy) is 1. The minimum Gasteiger partial charge on any atom is -0.431 e. The summed E-state index contributed by atoms with van der Waals surface area (Å²) < 4.78 is 5.60. The van der Waals surface area contributed by atoms with E-state index in [9.17, 15) is 0 Å². The molecule has 2 aromatic rings. The Morgan fingerprint density at radius 2 is 2.29 bits per heavy atom. The standard InChI is InChI=1S/C12H12ClNO2S/c1-2-8-4-3-5-9(6-8)16-12-14-11(13)10(7-15)17-12/h3-6,15H,2,7H2,1H3. The molecule has 0 aliphatic carbocycles. The first-order valence-corrected chi connectivity index (χ1v) is 6.45. The van der Waals surface area contributed by atoms with E-state index >= 15 is 0 Å². The van der Waals surface area contributed by atoms with Crippen molar-refractivity contribution in [2.24, 2.45) is 0 Å². The van der Waals surface area contributed by atoms with Crippen molar-refractivity contribution in [3.8, 4) is 10.9 Å². The van der Waals surface area contributed by atoms with Crippen molar-refractivity contribution in [2.75, 3.05) is 0 Å². The first-order chi connectivity index (χ1) is 8.22. The van der Waals surface area contributed by atoms with Crippen LogP contribution in [0.5, 0.6) is 10.9 Å². The molecule has 17 heavy (non-hydrogen) atoms. The van der Waals surface area contributed by atoms with Gasteiger partial charge >= 0.3 is 0 Å². The van der Waals surface area contributed by atoms with Crippen molar-refractivity contribution in [3.05, 3.63) is 39.9 Å². The highest BCUT2D eigenvalue weighted by atomic mass is 35.5. The van der Waals surface area contributed by atoms with Crippen LogP contribution in [0, 0.1) is 0 Å². The van der Waals surface area contributed by atoms with Crippen LogP contribution in [-0.2, 0) is 13.0 Å². The Kier molecular flexibility index (Phi) is 3.99. The Morgan fingerprint density at radius 3 is 2.94 bits per heavy atom. The number of halogens is 1. The zero-order chi connectivity index (χ0) is 12.3. The van der Waals surface area contributed by atoms with Crippen molar-refractivity contribution < 1.29 is 9.84 Å². The number of thiazole rings is 1. The summed E-state index contributed by atoms with van der Waals surface area (Å²) in [6.45, 7) is 1.97. The van der Waals surface area contributed by atoms with Crippen LogP contribution in [0.25, 0.3) is 0 Å². The molecule has 0 aliphatic heterocycles. The first-order valence-electron chi connectivity index (χ1n) is 5.25. The zero-order valence-electron chi connectivity index (χ0n) is 9.31. The Bertz CT molecular complexity index is 513. The van der Waals surface area contributed by atoms with E-state index in [1.165, 1.54) is 16.9 Å². The number of aliphatic hydroxyl groups is 1. The Labute approximate surface area is 109 Å². The van der Waals surface area contributed by atoms with Crippen LogP contribution >= 0.6 is 22.9 Å². The molecule has 0 saturated heterocycles. The number of hydrogen-bond acceptors (Lipinski definition) is 4. The van der Waals surface area contributed by atoms with E-state index in [1.54, 1.807) is 0 Å². The largest absolute Gasteiger partial charge is 0.431 e. The Balaban J connectivity index is 2.18. The van der Waals surface area contributed by atoms with Crippen molar-refractivity contribution in [1.29, 1.82) is 0 Å². The predicted octanol–water partition coefficient (Wildman–Crippen LogP) is 3.64. The molecule has 0 atom stereocenters. The number of aromatic nitrogens is 1. The minimum atomic E-state index is -0.116. The molecule has 3 nitrogen and oxygen atoms in total. The molecule has 2 rings (SSSR count). The van der Waals surface area contributed by atoms with Gasteiger partial charge in [-0.15, -0.1) is 0 Å². The van der Waals surface area contributed by atoms with E-state index in [4.69, 9.17) is 21.4 Å². The lowest BCUT2D eigenvalue weighted by atomic mass is 10.2. The molecule has 0 saturated carbocycles. The number of rotatable bonds is 4. The van der Waals surface area contributed by atoms with E-state index in [2.05, 4.69) is 11.9 Å². The maximum absolute atomic E-state index is 9.01. The van der Waals surface area contributed by atoms with Crippen LogP contribution in [-0.4, -0.2) is 10.1 Å². The van der Waals surface area contributed by atoms with Crippen LogP contribution in [0.3, 0.4) is 0 Å². The highest BCUT2D eigenvalue weighted by molar-refractivity contribution is 7.13. The molecule has 1 N–H and O–H groups in total. The predicted molar refractivity (Wildman–Crippen MR) is 68.9 cm³/mol. The normalized spacial score (nSPS) is 10.5. The monoisotopic (exact) mass is 269 g/mol. The molecule has 5 heteroatoms. The van der Waals surface area contributed by atoms with Crippen molar-refractivity contribution >= 4 is 22.9 Å². The number of nitrogens with zero attached hydrogens (tertiary/aromatic N) is 1. The lowest BCUT2D eigenvalue weighted by Gasteiger charge is -2.02. The molecular formula is C12H12ClNO2S. The van der Waals surface area contributed by atoms with E-state index < -0.39 is 0 Å². The number of hydrogen-bond donors (Lipinski definition) is 1. The second kappa shape index (κ2) is 5.49. The molecule has 1 aromatic heterocycles. The third-order valence-corrected chi connectivity index (χ3v) is 3.63. The topological polar surface area (TPSA) is 42.4 Å². The smallest absolute Gasteiger partial charge is 0.280 e. The summed E-state index contributed by atoms with van der Waals surface area (Å²) in [5, 5.41) is 9.77. The van der Waals surface area contributed by atoms with Gasteiger partial charge in [0.15, 0.2) is 0 Å². The molecule has 0 bridgehead atoms. The average molecular weight is 270 g/mol. The maximum Gasteiger partial charge on any atom is 0.280 e. The molecule has 0 fully saturated rings. The van der Waals surface area contributed by atoms with Crippen molar-refractivity contribution in [1.82, 2.24) is 4.98 Å². The van der Waals surface area contributed by atoms with Crippen molar-refractivity contribution in [2.45, 2.75) is 20.0 Å². The summed E-state index contributed by atoms with van der Waals surface area (Å²) in [5.74, 6) is 0.735. The van der Waals surface area contributed by atoms with E-state index in [0.29, 0.717) is 15.2 Å². The fourth-order valence-corrected chi connectivity index (χ4v) is 2.37. The van der Waals surface area contributed by atoms with Gasteiger partial charge in [-0.05, 0) is 24.1 Å². The minimum absolute atomic E-state index is 0.116. The molecule has 90 valence electrons. The molecule has 0 amide bonds. The molecule has 0 spiro atoms. The first kappa shape index (κ1) is 12.4. The third-order valence-electron chi connectivity index (χ3n) is 2.29. The maximum atomic E-state index is 9.01. The van der Waals surface area contributed by atoms with Gasteiger partial charge in [0.05, 0.1) is 11.5 Å². The summed E-state index contributed by atoms with van der Waals surface area (Å²) in [7, 11) is 0. The van der Waals surface area contributed by atoms with Gasteiger partial charge in [0.1, 0.15) is 10.9 Å². The lowest BCUT2D eigenvalue weighted by Crippen LogP contribution is -1.85. The van der Waals surface area contributed by atoms with E-state index in [-0.39, 0.29) is 6.61 Å². The van der Waals surface area contributed by atoms with Crippen molar-refractivity contribution in [3.63, 3.8) is 0 Å². The summed E-state index contributed by atoms with van der Waals surface area (Å²) >= 11 is 7.08. The van der Waals surface area contributed by atoms with Gasteiger partial charge in [-0.25, -0.2) is 0 Å². The lowest BCUT2D eigenvalue weighted by molar-refractivity contribution is 0.285. The zero-order valence-corrected chi connectivity index (χ0v) is 10.9. The van der Waals surface area contributed by atoms with Gasteiger partial charge in [0.25, 0.3) is 5.19 Å². The van der Waals surface area contributed by atoms with E-state index in [0.717, 1.165) is 12.2 Å². The summed E-state index contributed by atoms with van der Waals surface area (Å²) in [6.07, 6.45) is 0.956. The van der Waals surface area contributed by atoms with Crippen LogP contribution in [0.1, 0.15) is 17.4 Å². The van der Waals surface area contributed by atoms with Crippen LogP contribution in [0.4, 0.5) is 0 Å². The summed E-state index contributed by atoms with van der Waals surface area (Å²) in [6, 6.07) is 7.82. The quantitative estimate of drug-likeness (QED) is 0.921. The number of benzene rings is 1. The SMILES string of the molecule is CCc1cccc(Oc2nc(Cl)c(CO)s2)c1. The molecule has 0 aliphatic rings. The van der Waals surface area contributed by atoms with Gasteiger partial charge in [-0.3, -0.25) is 0 Å². The fourth-order valence-electron chi connectivity index (χ4n) is 1.38. The highest BCUT2D eigenvalue weighted by Gasteiger charge is 2.10. The molecule has 1 aromatic carbocycles. The van der Waals surface area contributed by atoms with Crippen LogP contribution < -0.4 is 4.74 Å². The second-order valence-electron chi connectivity index (χ2n) is 3.45. The van der Waals surface area contributed by atoms with Gasteiger partial charge in [-0.1, -0.05) is 42.0 Å². The van der Waals surface area contributed by atoms with E-state index in [1.807, 2.05) is 24.3 Å². The molecule has 1 heterocycles. The third kappa shape index (κ3) is 2.97. The summed E-state index contributed by atoms with van der Waals surface area (Å²) in [5.41, 5.74) is 1.20. The average Bonchev–Trinajstić information content (AvgIpc) is 2.69. The van der Waals surface area contributed by atoms with Gasteiger partial charge < -0.3 is 9.84 Å². The van der Waals surface area contributed by atoms with Gasteiger partial charge in [-0.2, -0.15) is 4.98 Å². The molecule has 0 unspecified atom stereocenters. The number of aliphatic hydroxyl groups excluding tert-OH is 1. The molecular weight excluding hydrogens is 258 g/mol. The van der Waals surface area contributed by atoms with Crippen LogP contribution in [0.2, 0.25) is 5.15 Å². The summed E-state index contributed by atoms with van der Waals surface area (Å²) in [4.78, 5) is 4.65. The fraction of sp³-hybridized carbons (Fsp3) is 0.250. The van der Waals surface area contributed by atoms with Gasteiger partial charge in [0.2, 0.25) is 0 Å². The van der Waals surface area contributed by atoms with Crippen LogP contribution in [0.15, 0.2) is 24.3 Å². The highest BCUT2D eigenvalue weighted by Crippen LogP contribution is 2.32. The van der Waals surface area contributed by atoms with Gasteiger partial charge in [0, 0.05) is 0 Å². The Morgan fingerprint density at radius 1 is 1.47 bits per heavy atom.